The van der Waals surface area contributed by atoms with E-state index in [1.807, 2.05) is 6.92 Å². The number of aromatic nitrogens is 4. The second-order valence-electron chi connectivity index (χ2n) is 5.57. The highest BCUT2D eigenvalue weighted by molar-refractivity contribution is 7.15. The van der Waals surface area contributed by atoms with Gasteiger partial charge in [-0.05, 0) is 25.5 Å². The highest BCUT2D eigenvalue weighted by Gasteiger charge is 2.18. The summed E-state index contributed by atoms with van der Waals surface area (Å²) in [6.45, 7) is 3.63. The van der Waals surface area contributed by atoms with E-state index in [1.54, 1.807) is 19.1 Å². The summed E-state index contributed by atoms with van der Waals surface area (Å²) in [5, 5.41) is 15.5. The molecule has 0 aliphatic heterocycles. The molecular weight excluding hydrogens is 357 g/mol. The van der Waals surface area contributed by atoms with Crippen molar-refractivity contribution in [1.29, 1.82) is 0 Å². The van der Waals surface area contributed by atoms with Crippen molar-refractivity contribution in [2.45, 2.75) is 26.7 Å². The van der Waals surface area contributed by atoms with E-state index in [9.17, 15) is 14.0 Å². The molecular formula is C17H16FN5O2S. The molecule has 0 atom stereocenters. The Balaban J connectivity index is 1.94. The maximum atomic E-state index is 14.1. The zero-order valence-electron chi connectivity index (χ0n) is 14.2. The van der Waals surface area contributed by atoms with Gasteiger partial charge >= 0.3 is 0 Å². The van der Waals surface area contributed by atoms with E-state index in [0.717, 1.165) is 17.8 Å². The molecule has 26 heavy (non-hydrogen) atoms. The van der Waals surface area contributed by atoms with Gasteiger partial charge in [-0.2, -0.15) is 5.10 Å². The molecule has 3 aromatic rings. The Kier molecular flexibility index (Phi) is 5.17. The van der Waals surface area contributed by atoms with Crippen LogP contribution in [0.5, 0.6) is 0 Å². The molecule has 0 bridgehead atoms. The predicted molar refractivity (Wildman–Crippen MR) is 96.4 cm³/mol. The second-order valence-corrected chi connectivity index (χ2v) is 6.63. The Hall–Kier alpha value is -2.94. The molecule has 7 nitrogen and oxygen atoms in total. The van der Waals surface area contributed by atoms with Crippen molar-refractivity contribution in [2.24, 2.45) is 0 Å². The third-order valence-corrected chi connectivity index (χ3v) is 4.45. The van der Waals surface area contributed by atoms with Gasteiger partial charge in [0.1, 0.15) is 16.5 Å². The lowest BCUT2D eigenvalue weighted by molar-refractivity contribution is 0.101. The number of rotatable bonds is 5. The summed E-state index contributed by atoms with van der Waals surface area (Å²) >= 11 is 1.24. The first-order chi connectivity index (χ1) is 12.5. The molecule has 0 spiro atoms. The molecule has 3 rings (SSSR count). The molecule has 0 unspecified atom stereocenters. The van der Waals surface area contributed by atoms with Crippen molar-refractivity contribution in [3.8, 4) is 5.69 Å². The summed E-state index contributed by atoms with van der Waals surface area (Å²) in [6.07, 6.45) is 1.67. The molecule has 2 aromatic heterocycles. The minimum atomic E-state index is -0.709. The summed E-state index contributed by atoms with van der Waals surface area (Å²) < 4.78 is 15.3. The van der Waals surface area contributed by atoms with Crippen molar-refractivity contribution < 1.29 is 9.18 Å². The molecule has 0 saturated carbocycles. The number of nitrogens with zero attached hydrogens (tertiary/aromatic N) is 4. The van der Waals surface area contributed by atoms with Gasteiger partial charge in [0.15, 0.2) is 5.69 Å². The zero-order valence-corrected chi connectivity index (χ0v) is 15.0. The molecule has 0 aliphatic carbocycles. The molecule has 134 valence electrons. The van der Waals surface area contributed by atoms with E-state index in [1.165, 1.54) is 34.2 Å². The van der Waals surface area contributed by atoms with Gasteiger partial charge in [0.2, 0.25) is 10.6 Å². The van der Waals surface area contributed by atoms with Gasteiger partial charge in [-0.3, -0.25) is 14.9 Å². The average molecular weight is 373 g/mol. The first kappa shape index (κ1) is 17.9. The van der Waals surface area contributed by atoms with E-state index in [2.05, 4.69) is 20.6 Å². The Labute approximate surface area is 152 Å². The van der Waals surface area contributed by atoms with E-state index in [4.69, 9.17) is 0 Å². The van der Waals surface area contributed by atoms with Crippen LogP contribution >= 0.6 is 11.3 Å². The van der Waals surface area contributed by atoms with Crippen LogP contribution in [0.2, 0.25) is 0 Å². The highest BCUT2D eigenvalue weighted by atomic mass is 32.1. The van der Waals surface area contributed by atoms with Gasteiger partial charge in [0.25, 0.3) is 5.91 Å². The fourth-order valence-electron chi connectivity index (χ4n) is 2.35. The van der Waals surface area contributed by atoms with Crippen LogP contribution in [0.4, 0.5) is 9.52 Å². The van der Waals surface area contributed by atoms with E-state index in [0.29, 0.717) is 5.69 Å². The van der Waals surface area contributed by atoms with Crippen LogP contribution in [0.3, 0.4) is 0 Å². The standard InChI is InChI=1S/C17H16FN5O2S/c1-3-6-14-20-21-17(26-14)19-16(25)15-13(24)9-10(2)23(22-15)12-8-5-4-7-11(12)18/h4-5,7-9H,3,6H2,1-2H3,(H,19,21,25). The molecule has 1 aromatic carbocycles. The monoisotopic (exact) mass is 373 g/mol. The Bertz CT molecular complexity index is 1010. The van der Waals surface area contributed by atoms with Crippen LogP contribution < -0.4 is 10.7 Å². The smallest absolute Gasteiger partial charge is 0.282 e. The summed E-state index contributed by atoms with van der Waals surface area (Å²) in [4.78, 5) is 24.6. The number of hydrogen-bond acceptors (Lipinski definition) is 6. The number of anilines is 1. The van der Waals surface area contributed by atoms with Crippen LogP contribution in [0.15, 0.2) is 35.1 Å². The molecule has 1 N–H and O–H groups in total. The molecule has 0 radical (unpaired) electrons. The summed E-state index contributed by atoms with van der Waals surface area (Å²) in [5.41, 5.74) is -0.324. The fraction of sp³-hybridized carbons (Fsp3) is 0.235. The third kappa shape index (κ3) is 3.67. The SMILES string of the molecule is CCCc1nnc(NC(=O)c2nn(-c3ccccc3F)c(C)cc2=O)s1. The van der Waals surface area contributed by atoms with E-state index in [-0.39, 0.29) is 16.5 Å². The largest absolute Gasteiger partial charge is 0.295 e. The van der Waals surface area contributed by atoms with E-state index < -0.39 is 17.2 Å². The summed E-state index contributed by atoms with van der Waals surface area (Å²) in [7, 11) is 0. The average Bonchev–Trinajstić information content (AvgIpc) is 3.03. The van der Waals surface area contributed by atoms with Gasteiger partial charge in [-0.25, -0.2) is 9.07 Å². The van der Waals surface area contributed by atoms with Crippen molar-refractivity contribution in [1.82, 2.24) is 20.0 Å². The lowest BCUT2D eigenvalue weighted by Crippen LogP contribution is -2.27. The molecule has 0 aliphatic rings. The van der Waals surface area contributed by atoms with Crippen molar-refractivity contribution in [2.75, 3.05) is 5.32 Å². The highest BCUT2D eigenvalue weighted by Crippen LogP contribution is 2.17. The molecule has 0 saturated heterocycles. The van der Waals surface area contributed by atoms with Crippen molar-refractivity contribution >= 4 is 22.4 Å². The van der Waals surface area contributed by atoms with Gasteiger partial charge in [-0.1, -0.05) is 30.4 Å². The van der Waals surface area contributed by atoms with Gasteiger partial charge < -0.3 is 0 Å². The molecule has 9 heteroatoms. The Morgan fingerprint density at radius 2 is 2.08 bits per heavy atom. The topological polar surface area (TPSA) is 89.8 Å². The number of amides is 1. The van der Waals surface area contributed by atoms with Crippen LogP contribution in [-0.4, -0.2) is 25.9 Å². The first-order valence-electron chi connectivity index (χ1n) is 7.99. The molecule has 1 amide bonds. The number of carbonyl (C=O) groups is 1. The maximum Gasteiger partial charge on any atom is 0.282 e. The maximum absolute atomic E-state index is 14.1. The summed E-state index contributed by atoms with van der Waals surface area (Å²) in [5.74, 6) is -1.22. The van der Waals surface area contributed by atoms with Crippen LogP contribution in [-0.2, 0) is 6.42 Å². The number of carbonyl (C=O) groups excluding carboxylic acids is 1. The predicted octanol–water partition coefficient (Wildman–Crippen LogP) is 2.74. The quantitative estimate of drug-likeness (QED) is 0.743. The van der Waals surface area contributed by atoms with Crippen LogP contribution in [0, 0.1) is 12.7 Å². The number of hydrogen-bond donors (Lipinski definition) is 1. The number of para-hydroxylation sites is 1. The third-order valence-electron chi connectivity index (χ3n) is 3.55. The summed E-state index contributed by atoms with van der Waals surface area (Å²) in [6, 6.07) is 7.24. The second kappa shape index (κ2) is 7.52. The molecule has 0 fully saturated rings. The Morgan fingerprint density at radius 3 is 2.81 bits per heavy atom. The van der Waals surface area contributed by atoms with Gasteiger partial charge in [0, 0.05) is 18.2 Å². The number of halogens is 1. The van der Waals surface area contributed by atoms with Gasteiger partial charge in [-0.15, -0.1) is 10.2 Å². The molecule has 2 heterocycles. The van der Waals surface area contributed by atoms with Crippen LogP contribution in [0.1, 0.15) is 34.5 Å². The van der Waals surface area contributed by atoms with Gasteiger partial charge in [0.05, 0.1) is 0 Å². The van der Waals surface area contributed by atoms with Crippen LogP contribution in [0.25, 0.3) is 5.69 Å². The Morgan fingerprint density at radius 1 is 1.31 bits per heavy atom. The number of aryl methyl sites for hydroxylation is 2. The van der Waals surface area contributed by atoms with E-state index >= 15 is 0 Å². The lowest BCUT2D eigenvalue weighted by atomic mass is 10.2. The van der Waals surface area contributed by atoms with Crippen molar-refractivity contribution in [3.63, 3.8) is 0 Å². The fourth-order valence-corrected chi connectivity index (χ4v) is 3.18. The minimum Gasteiger partial charge on any atom is -0.295 e. The zero-order chi connectivity index (χ0) is 18.7. The number of benzene rings is 1. The first-order valence-corrected chi connectivity index (χ1v) is 8.81. The number of nitrogens with one attached hydrogen (secondary N) is 1. The normalized spacial score (nSPS) is 10.7. The van der Waals surface area contributed by atoms with Crippen molar-refractivity contribution in [3.05, 3.63) is 62.8 Å². The minimum absolute atomic E-state index is 0.153. The lowest BCUT2D eigenvalue weighted by Gasteiger charge is -2.11.